The molecule has 0 fully saturated rings. The zero-order chi connectivity index (χ0) is 18.3. The van der Waals surface area contributed by atoms with Crippen LogP contribution in [0.2, 0.25) is 0 Å². The second-order valence-electron chi connectivity index (χ2n) is 5.76. The van der Waals surface area contributed by atoms with Crippen molar-refractivity contribution in [3.8, 4) is 11.1 Å². The molecule has 0 aliphatic rings. The predicted molar refractivity (Wildman–Crippen MR) is 96.4 cm³/mol. The van der Waals surface area contributed by atoms with Gasteiger partial charge in [0.05, 0.1) is 5.52 Å². The fourth-order valence-corrected chi connectivity index (χ4v) is 3.80. The normalized spacial score (nSPS) is 11.8. The van der Waals surface area contributed by atoms with Crippen molar-refractivity contribution < 1.29 is 18.0 Å². The van der Waals surface area contributed by atoms with Crippen molar-refractivity contribution in [2.24, 2.45) is 0 Å². The van der Waals surface area contributed by atoms with Crippen molar-refractivity contribution in [1.29, 1.82) is 0 Å². The Morgan fingerprint density at radius 3 is 2.31 bits per heavy atom. The maximum Gasteiger partial charge on any atom is 0.426 e. The van der Waals surface area contributed by atoms with Gasteiger partial charge in [-0.25, -0.2) is 0 Å². The molecule has 2 nitrogen and oxygen atoms in total. The van der Waals surface area contributed by atoms with Crippen LogP contribution >= 0.6 is 11.3 Å². The number of fused-ring (bicyclic) bond motifs is 1. The predicted octanol–water partition coefficient (Wildman–Crippen LogP) is 6.08. The fraction of sp³-hybridized carbons (Fsp3) is 0.0500. The van der Waals surface area contributed by atoms with E-state index in [-0.39, 0.29) is 11.5 Å². The van der Waals surface area contributed by atoms with E-state index < -0.39 is 11.1 Å². The molecule has 0 saturated heterocycles. The monoisotopic (exact) mass is 371 g/mol. The molecule has 0 N–H and O–H groups in total. The minimum Gasteiger partial charge on any atom is -0.283 e. The quantitative estimate of drug-likeness (QED) is 0.419. The first-order valence-corrected chi connectivity index (χ1v) is 8.69. The van der Waals surface area contributed by atoms with Gasteiger partial charge in [-0.1, -0.05) is 36.4 Å². The van der Waals surface area contributed by atoms with Gasteiger partial charge in [-0.2, -0.15) is 13.2 Å². The summed E-state index contributed by atoms with van der Waals surface area (Å²) in [6.07, 6.45) is -2.94. The molecular formula is C20H12F3NOS. The molecular weight excluding hydrogens is 359 g/mol. The summed E-state index contributed by atoms with van der Waals surface area (Å²) in [6, 6.07) is 17.1. The summed E-state index contributed by atoms with van der Waals surface area (Å²) in [5.41, 5.74) is 1.55. The lowest BCUT2D eigenvalue weighted by Gasteiger charge is -2.06. The highest BCUT2D eigenvalue weighted by Gasteiger charge is 2.36. The minimum absolute atomic E-state index is 0.0957. The molecule has 2 aromatic carbocycles. The van der Waals surface area contributed by atoms with Gasteiger partial charge >= 0.3 is 6.18 Å². The molecule has 0 radical (unpaired) electrons. The second-order valence-corrected chi connectivity index (χ2v) is 6.68. The van der Waals surface area contributed by atoms with Crippen LogP contribution in [-0.2, 0) is 6.18 Å². The molecule has 0 amide bonds. The Kier molecular flexibility index (Phi) is 3.92. The molecule has 0 atom stereocenters. The van der Waals surface area contributed by atoms with Gasteiger partial charge in [0.25, 0.3) is 5.91 Å². The molecule has 4 aromatic rings. The number of hydrogen-bond donors (Lipinski definition) is 0. The lowest BCUT2D eigenvalue weighted by molar-refractivity contribution is -0.133. The van der Waals surface area contributed by atoms with Crippen molar-refractivity contribution in [3.05, 3.63) is 82.7 Å². The van der Waals surface area contributed by atoms with Crippen LogP contribution in [0.3, 0.4) is 0 Å². The van der Waals surface area contributed by atoms with E-state index in [0.717, 1.165) is 0 Å². The van der Waals surface area contributed by atoms with E-state index in [1.54, 1.807) is 54.6 Å². The Morgan fingerprint density at radius 2 is 1.58 bits per heavy atom. The molecule has 130 valence electrons. The first-order chi connectivity index (χ1) is 12.5. The number of rotatable bonds is 2. The molecule has 0 aliphatic heterocycles. The molecule has 0 spiro atoms. The van der Waals surface area contributed by atoms with Gasteiger partial charge in [-0.3, -0.25) is 9.36 Å². The largest absolute Gasteiger partial charge is 0.426 e. The van der Waals surface area contributed by atoms with Crippen molar-refractivity contribution >= 4 is 28.1 Å². The highest BCUT2D eigenvalue weighted by molar-refractivity contribution is 7.10. The number of aromatic nitrogens is 1. The Hall–Kier alpha value is -2.86. The highest BCUT2D eigenvalue weighted by atomic mass is 32.1. The van der Waals surface area contributed by atoms with Gasteiger partial charge < -0.3 is 0 Å². The minimum atomic E-state index is -4.43. The maximum absolute atomic E-state index is 13.3. The van der Waals surface area contributed by atoms with Crippen molar-refractivity contribution in [2.45, 2.75) is 6.18 Å². The molecule has 2 aromatic heterocycles. The van der Waals surface area contributed by atoms with E-state index >= 15 is 0 Å². The van der Waals surface area contributed by atoms with Gasteiger partial charge in [-0.05, 0) is 29.6 Å². The molecule has 2 heterocycles. The summed E-state index contributed by atoms with van der Waals surface area (Å²) in [7, 11) is 0. The van der Waals surface area contributed by atoms with Crippen LogP contribution in [0.25, 0.3) is 22.0 Å². The van der Waals surface area contributed by atoms with Crippen LogP contribution < -0.4 is 0 Å². The van der Waals surface area contributed by atoms with Crippen LogP contribution in [0.4, 0.5) is 13.2 Å². The van der Waals surface area contributed by atoms with E-state index in [2.05, 4.69) is 0 Å². The molecule has 0 unspecified atom stereocenters. The number of benzene rings is 2. The number of alkyl halides is 3. The maximum atomic E-state index is 13.3. The molecule has 0 aliphatic carbocycles. The standard InChI is InChI=1S/C20H12F3NOS/c21-20(22,23)18-15(10-11-26-18)16-12-24(17-9-5-4-8-14(16)17)19(25)13-6-2-1-3-7-13/h1-12H. The summed E-state index contributed by atoms with van der Waals surface area (Å²) in [5.74, 6) is -0.281. The molecule has 26 heavy (non-hydrogen) atoms. The average molecular weight is 371 g/mol. The lowest BCUT2D eigenvalue weighted by atomic mass is 10.1. The number of carbonyl (C=O) groups is 1. The third-order valence-electron chi connectivity index (χ3n) is 4.16. The summed E-state index contributed by atoms with van der Waals surface area (Å²) in [5, 5.41) is 2.03. The van der Waals surface area contributed by atoms with Gasteiger partial charge in [0.15, 0.2) is 0 Å². The number of carbonyl (C=O) groups excluding carboxylic acids is 1. The second kappa shape index (κ2) is 6.14. The SMILES string of the molecule is O=C(c1ccccc1)n1cc(-c2ccsc2C(F)(F)F)c2ccccc21. The van der Waals surface area contributed by atoms with Crippen LogP contribution in [-0.4, -0.2) is 10.5 Å². The number of thiophene rings is 1. The van der Waals surface area contributed by atoms with Crippen LogP contribution in [0.5, 0.6) is 0 Å². The topological polar surface area (TPSA) is 22.0 Å². The third-order valence-corrected chi connectivity index (χ3v) is 5.12. The number of para-hydroxylation sites is 1. The summed E-state index contributed by atoms with van der Waals surface area (Å²) in [4.78, 5) is 12.2. The Bertz CT molecular complexity index is 1090. The Balaban J connectivity index is 1.94. The average Bonchev–Trinajstić information content (AvgIpc) is 3.26. The van der Waals surface area contributed by atoms with E-state index in [1.807, 2.05) is 0 Å². The van der Waals surface area contributed by atoms with Gasteiger partial charge in [0, 0.05) is 28.3 Å². The van der Waals surface area contributed by atoms with Gasteiger partial charge in [0.2, 0.25) is 0 Å². The Labute approximate surface area is 151 Å². The molecule has 4 rings (SSSR count). The van der Waals surface area contributed by atoms with Crippen LogP contribution in [0.1, 0.15) is 15.2 Å². The third kappa shape index (κ3) is 2.72. The first kappa shape index (κ1) is 16.6. The van der Waals surface area contributed by atoms with Crippen LogP contribution in [0.15, 0.2) is 72.2 Å². The summed E-state index contributed by atoms with van der Waals surface area (Å²) >= 11 is 0.655. The molecule has 0 bridgehead atoms. The number of halogens is 3. The van der Waals surface area contributed by atoms with E-state index in [4.69, 9.17) is 0 Å². The van der Waals surface area contributed by atoms with Crippen molar-refractivity contribution in [3.63, 3.8) is 0 Å². The van der Waals surface area contributed by atoms with Gasteiger partial charge in [0.1, 0.15) is 4.88 Å². The number of hydrogen-bond acceptors (Lipinski definition) is 2. The van der Waals surface area contributed by atoms with E-state index in [0.29, 0.717) is 33.4 Å². The summed E-state index contributed by atoms with van der Waals surface area (Å²) < 4.78 is 41.4. The zero-order valence-electron chi connectivity index (χ0n) is 13.3. The van der Waals surface area contributed by atoms with Gasteiger partial charge in [-0.15, -0.1) is 11.3 Å². The van der Waals surface area contributed by atoms with E-state index in [9.17, 15) is 18.0 Å². The van der Waals surface area contributed by atoms with Crippen molar-refractivity contribution in [1.82, 2.24) is 4.57 Å². The zero-order valence-corrected chi connectivity index (χ0v) is 14.1. The highest BCUT2D eigenvalue weighted by Crippen LogP contribution is 2.43. The Morgan fingerprint density at radius 1 is 0.885 bits per heavy atom. The summed E-state index contributed by atoms with van der Waals surface area (Å²) in [6.45, 7) is 0. The number of nitrogens with zero attached hydrogens (tertiary/aromatic N) is 1. The molecule has 6 heteroatoms. The lowest BCUT2D eigenvalue weighted by Crippen LogP contribution is -2.10. The van der Waals surface area contributed by atoms with Crippen LogP contribution in [0, 0.1) is 0 Å². The van der Waals surface area contributed by atoms with E-state index in [1.165, 1.54) is 22.2 Å². The first-order valence-electron chi connectivity index (χ1n) is 7.82. The molecule has 0 saturated carbocycles. The smallest absolute Gasteiger partial charge is 0.283 e. The van der Waals surface area contributed by atoms with Crippen molar-refractivity contribution in [2.75, 3.05) is 0 Å². The fourth-order valence-electron chi connectivity index (χ4n) is 3.02.